The van der Waals surface area contributed by atoms with E-state index in [9.17, 15) is 14.7 Å². The van der Waals surface area contributed by atoms with Gasteiger partial charge in [-0.05, 0) is 60.9 Å². The molecule has 1 fully saturated rings. The van der Waals surface area contributed by atoms with E-state index in [1.54, 1.807) is 25.3 Å². The van der Waals surface area contributed by atoms with Crippen molar-refractivity contribution >= 4 is 22.9 Å². The zero-order chi connectivity index (χ0) is 19.4. The number of nitrogens with zero attached hydrogens (tertiary/aromatic N) is 1. The molecule has 0 spiro atoms. The number of pyridine rings is 1. The first-order valence-electron chi connectivity index (χ1n) is 8.78. The molecule has 1 aliphatic rings. The zero-order valence-corrected chi connectivity index (χ0v) is 16.1. The van der Waals surface area contributed by atoms with Crippen LogP contribution >= 0.6 is 11.8 Å². The van der Waals surface area contributed by atoms with Gasteiger partial charge in [0.1, 0.15) is 23.2 Å². The maximum Gasteiger partial charge on any atom is 0.286 e. The van der Waals surface area contributed by atoms with Crippen molar-refractivity contribution in [3.8, 4) is 5.75 Å². The first kappa shape index (κ1) is 19.4. The predicted molar refractivity (Wildman–Crippen MR) is 104 cm³/mol. The monoisotopic (exact) mass is 386 g/mol. The highest BCUT2D eigenvalue weighted by Gasteiger charge is 2.43. The summed E-state index contributed by atoms with van der Waals surface area (Å²) in [5.74, 6) is 0.357. The minimum absolute atomic E-state index is 0.0995. The Kier molecular flexibility index (Phi) is 5.82. The van der Waals surface area contributed by atoms with Gasteiger partial charge in [-0.25, -0.2) is 0 Å². The summed E-state index contributed by atoms with van der Waals surface area (Å²) >= 11 is 1.02. The quantitative estimate of drug-likeness (QED) is 0.760. The molecule has 0 aliphatic carbocycles. The number of rotatable bonds is 7. The summed E-state index contributed by atoms with van der Waals surface area (Å²) in [6.07, 6.45) is 2.31. The highest BCUT2D eigenvalue weighted by atomic mass is 32.2. The third-order valence-corrected chi connectivity index (χ3v) is 5.55. The second-order valence-corrected chi connectivity index (χ2v) is 8.14. The van der Waals surface area contributed by atoms with E-state index in [0.717, 1.165) is 29.3 Å². The molecule has 0 radical (unpaired) electrons. The van der Waals surface area contributed by atoms with E-state index in [0.29, 0.717) is 17.9 Å². The van der Waals surface area contributed by atoms with E-state index < -0.39 is 10.9 Å². The van der Waals surface area contributed by atoms with Gasteiger partial charge in [-0.3, -0.25) is 19.9 Å². The predicted octanol–water partition coefficient (Wildman–Crippen LogP) is 3.04. The van der Waals surface area contributed by atoms with Gasteiger partial charge in [0, 0.05) is 6.20 Å². The van der Waals surface area contributed by atoms with Crippen molar-refractivity contribution < 1.29 is 19.4 Å². The van der Waals surface area contributed by atoms with Crippen molar-refractivity contribution in [1.82, 2.24) is 10.3 Å². The van der Waals surface area contributed by atoms with Gasteiger partial charge in [0.05, 0.1) is 5.69 Å². The van der Waals surface area contributed by atoms with Crippen LogP contribution in [0.1, 0.15) is 36.8 Å². The van der Waals surface area contributed by atoms with Gasteiger partial charge in [-0.2, -0.15) is 0 Å². The largest absolute Gasteiger partial charge is 0.490 e. The average molecular weight is 386 g/mol. The first-order valence-corrected chi connectivity index (χ1v) is 9.60. The summed E-state index contributed by atoms with van der Waals surface area (Å²) < 4.78 is 4.85. The third kappa shape index (κ3) is 4.67. The average Bonchev–Trinajstić information content (AvgIpc) is 2.92. The smallest absolute Gasteiger partial charge is 0.286 e. The molecule has 1 aromatic heterocycles. The number of imide groups is 1. The van der Waals surface area contributed by atoms with Crippen molar-refractivity contribution in [1.29, 1.82) is 0 Å². The molecule has 2 heterocycles. The number of hydrogen-bond donors (Lipinski definition) is 2. The summed E-state index contributed by atoms with van der Waals surface area (Å²) in [4.78, 5) is 27.6. The van der Waals surface area contributed by atoms with Crippen LogP contribution in [0.4, 0.5) is 4.79 Å². The molecule has 3 rings (SSSR count). The molecule has 1 saturated heterocycles. The third-order valence-electron chi connectivity index (χ3n) is 4.48. The number of carbonyl (C=O) groups is 2. The van der Waals surface area contributed by atoms with Crippen LogP contribution in [-0.2, 0) is 17.6 Å². The van der Waals surface area contributed by atoms with Crippen LogP contribution in [0.25, 0.3) is 0 Å². The Labute approximate surface area is 162 Å². The fraction of sp³-hybridized carbons (Fsp3) is 0.350. The molecule has 2 amide bonds. The van der Waals surface area contributed by atoms with Gasteiger partial charge in [-0.1, -0.05) is 25.1 Å². The van der Waals surface area contributed by atoms with Crippen molar-refractivity contribution in [2.24, 2.45) is 0 Å². The van der Waals surface area contributed by atoms with Crippen molar-refractivity contribution in [2.45, 2.75) is 37.5 Å². The number of hydrogen-bond acceptors (Lipinski definition) is 6. The van der Waals surface area contributed by atoms with Crippen LogP contribution in [0.5, 0.6) is 5.75 Å². The molecule has 27 heavy (non-hydrogen) atoms. The number of aromatic nitrogens is 1. The summed E-state index contributed by atoms with van der Waals surface area (Å²) in [6, 6.07) is 11.1. The van der Waals surface area contributed by atoms with E-state index in [1.807, 2.05) is 24.3 Å². The molecule has 142 valence electrons. The Morgan fingerprint density at radius 1 is 1.19 bits per heavy atom. The fourth-order valence-corrected chi connectivity index (χ4v) is 3.75. The van der Waals surface area contributed by atoms with Crippen LogP contribution in [0, 0.1) is 0 Å². The maximum absolute atomic E-state index is 11.9. The summed E-state index contributed by atoms with van der Waals surface area (Å²) in [5, 5.41) is 12.2. The molecular formula is C20H22N2O4S. The molecule has 1 aliphatic heterocycles. The molecule has 0 unspecified atom stereocenters. The van der Waals surface area contributed by atoms with E-state index in [-0.39, 0.29) is 17.8 Å². The number of aliphatic hydroxyl groups is 1. The Hall–Kier alpha value is -2.38. The number of thioether (sulfide) groups is 1. The molecule has 6 nitrogen and oxygen atoms in total. The van der Waals surface area contributed by atoms with E-state index >= 15 is 0 Å². The SMILES string of the molecule is CCc1ccc([C@@H](O)COc2ccc(C[C@@]3(C)SC(=O)NC3=O)cc2)nc1. The van der Waals surface area contributed by atoms with Crippen molar-refractivity contribution in [3.63, 3.8) is 0 Å². The molecule has 1 aromatic carbocycles. The summed E-state index contributed by atoms with van der Waals surface area (Å²) in [5.41, 5.74) is 2.62. The van der Waals surface area contributed by atoms with Gasteiger partial charge >= 0.3 is 0 Å². The molecule has 2 N–H and O–H groups in total. The van der Waals surface area contributed by atoms with Crippen LogP contribution in [0.15, 0.2) is 42.6 Å². The second-order valence-electron chi connectivity index (χ2n) is 6.67. The molecule has 0 bridgehead atoms. The van der Waals surface area contributed by atoms with Gasteiger partial charge in [-0.15, -0.1) is 0 Å². The lowest BCUT2D eigenvalue weighted by molar-refractivity contribution is -0.121. The number of carbonyl (C=O) groups excluding carboxylic acids is 2. The number of aliphatic hydroxyl groups excluding tert-OH is 1. The van der Waals surface area contributed by atoms with Crippen molar-refractivity contribution in [2.75, 3.05) is 6.61 Å². The lowest BCUT2D eigenvalue weighted by Gasteiger charge is -2.18. The topological polar surface area (TPSA) is 88.5 Å². The second kappa shape index (κ2) is 8.10. The van der Waals surface area contributed by atoms with Crippen LogP contribution in [0.2, 0.25) is 0 Å². The lowest BCUT2D eigenvalue weighted by Crippen LogP contribution is -2.35. The van der Waals surface area contributed by atoms with Gasteiger partial charge in [0.2, 0.25) is 5.91 Å². The first-order chi connectivity index (χ1) is 12.9. The highest BCUT2D eigenvalue weighted by Crippen LogP contribution is 2.34. The van der Waals surface area contributed by atoms with Crippen LogP contribution < -0.4 is 10.1 Å². The number of aryl methyl sites for hydroxylation is 1. The van der Waals surface area contributed by atoms with Gasteiger partial charge < -0.3 is 9.84 Å². The number of benzene rings is 1. The van der Waals surface area contributed by atoms with Crippen LogP contribution in [0.3, 0.4) is 0 Å². The lowest BCUT2D eigenvalue weighted by atomic mass is 9.99. The molecule has 0 saturated carbocycles. The van der Waals surface area contributed by atoms with Gasteiger partial charge in [0.15, 0.2) is 0 Å². The molecular weight excluding hydrogens is 364 g/mol. The number of ether oxygens (including phenoxy) is 1. The standard InChI is InChI=1S/C20H22N2O4S/c1-3-13-6-9-16(21-11-13)17(23)12-26-15-7-4-14(5-8-15)10-20(2)18(24)22-19(25)27-20/h4-9,11,17,23H,3,10,12H2,1-2H3,(H,22,24,25)/t17-,20+/m0/s1. The van der Waals surface area contributed by atoms with Gasteiger partial charge in [0.25, 0.3) is 5.24 Å². The maximum atomic E-state index is 11.9. The highest BCUT2D eigenvalue weighted by molar-refractivity contribution is 8.16. The molecule has 7 heteroatoms. The summed E-state index contributed by atoms with van der Waals surface area (Å²) in [7, 11) is 0. The van der Waals surface area contributed by atoms with E-state index in [1.165, 1.54) is 0 Å². The normalized spacial score (nSPS) is 20.4. The molecule has 2 atom stereocenters. The van der Waals surface area contributed by atoms with Crippen LogP contribution in [-0.4, -0.2) is 32.6 Å². The minimum atomic E-state index is -0.806. The molecule has 2 aromatic rings. The fourth-order valence-electron chi connectivity index (χ4n) is 2.81. The van der Waals surface area contributed by atoms with Crippen molar-refractivity contribution in [3.05, 3.63) is 59.4 Å². The van der Waals surface area contributed by atoms with E-state index in [4.69, 9.17) is 4.74 Å². The Balaban J connectivity index is 1.56. The minimum Gasteiger partial charge on any atom is -0.490 e. The zero-order valence-electron chi connectivity index (χ0n) is 15.3. The summed E-state index contributed by atoms with van der Waals surface area (Å²) in [6.45, 7) is 3.91. The van der Waals surface area contributed by atoms with E-state index in [2.05, 4.69) is 17.2 Å². The number of amides is 2. The Bertz CT molecular complexity index is 823. The Morgan fingerprint density at radius 2 is 1.89 bits per heavy atom. The number of nitrogens with one attached hydrogen (secondary N) is 1. The Morgan fingerprint density at radius 3 is 2.44 bits per heavy atom.